The Balaban J connectivity index is 1.70. The van der Waals surface area contributed by atoms with Crippen molar-refractivity contribution in [1.29, 1.82) is 0 Å². The molecule has 0 heterocycles. The molecule has 0 radical (unpaired) electrons. The fraction of sp³-hybridized carbons (Fsp3) is 0.111. The average Bonchev–Trinajstić information content (AvgIpc) is 3.16. The molecular formula is C27H16F6. The molecule has 4 aromatic rings. The lowest BCUT2D eigenvalue weighted by Gasteiger charge is -2.17. The van der Waals surface area contributed by atoms with Crippen LogP contribution in [0.1, 0.15) is 22.3 Å². The molecule has 0 atom stereocenters. The van der Waals surface area contributed by atoms with E-state index in [1.807, 2.05) is 36.4 Å². The maximum absolute atomic E-state index is 13.1. The Bertz CT molecular complexity index is 1330. The first-order chi connectivity index (χ1) is 15.6. The zero-order valence-electron chi connectivity index (χ0n) is 17.1. The molecule has 0 saturated carbocycles. The van der Waals surface area contributed by atoms with E-state index in [0.717, 1.165) is 52.1 Å². The second kappa shape index (κ2) is 7.51. The quantitative estimate of drug-likeness (QED) is 0.234. The zero-order chi connectivity index (χ0) is 23.4. The molecular weight excluding hydrogens is 438 g/mol. The van der Waals surface area contributed by atoms with Crippen molar-refractivity contribution in [3.8, 4) is 33.4 Å². The summed E-state index contributed by atoms with van der Waals surface area (Å²) in [5.41, 5.74) is 5.15. The summed E-state index contributed by atoms with van der Waals surface area (Å²) >= 11 is 0. The lowest BCUT2D eigenvalue weighted by Crippen LogP contribution is -2.04. The molecule has 166 valence electrons. The molecule has 0 amide bonds. The molecule has 4 aromatic carbocycles. The molecule has 0 saturated heterocycles. The lowest BCUT2D eigenvalue weighted by atomic mass is 9.87. The molecule has 33 heavy (non-hydrogen) atoms. The first-order valence-corrected chi connectivity index (χ1v) is 10.2. The van der Waals surface area contributed by atoms with Crippen molar-refractivity contribution >= 4 is 0 Å². The first kappa shape index (κ1) is 21.3. The fourth-order valence-corrected chi connectivity index (χ4v) is 4.45. The van der Waals surface area contributed by atoms with Gasteiger partial charge in [-0.2, -0.15) is 26.3 Å². The van der Waals surface area contributed by atoms with E-state index in [1.165, 1.54) is 24.3 Å². The molecule has 1 aliphatic rings. The standard InChI is InChI=1S/C27H16F6/c28-26(29,30)19-9-5-16(6-10-19)22-13-14-23-21-4-2-1-3-18(21)15-24(23)25(22)17-7-11-20(12-8-17)27(31,32)33/h1-14H,15H2. The van der Waals surface area contributed by atoms with Crippen molar-refractivity contribution in [3.05, 3.63) is 107 Å². The number of benzene rings is 4. The van der Waals surface area contributed by atoms with Gasteiger partial charge >= 0.3 is 12.4 Å². The summed E-state index contributed by atoms with van der Waals surface area (Å²) in [7, 11) is 0. The van der Waals surface area contributed by atoms with E-state index >= 15 is 0 Å². The molecule has 6 heteroatoms. The maximum Gasteiger partial charge on any atom is 0.416 e. The van der Waals surface area contributed by atoms with Crippen molar-refractivity contribution in [2.45, 2.75) is 18.8 Å². The average molecular weight is 454 g/mol. The second-order valence-electron chi connectivity index (χ2n) is 8.00. The van der Waals surface area contributed by atoms with Crippen LogP contribution in [-0.2, 0) is 18.8 Å². The molecule has 0 spiro atoms. The van der Waals surface area contributed by atoms with Gasteiger partial charge in [-0.3, -0.25) is 0 Å². The SMILES string of the molecule is FC(F)(F)c1ccc(-c2ccc3c(c2-c2ccc(C(F)(F)F)cc2)Cc2ccccc2-3)cc1. The molecule has 0 aromatic heterocycles. The van der Waals surface area contributed by atoms with Crippen LogP contribution in [0.15, 0.2) is 84.9 Å². The lowest BCUT2D eigenvalue weighted by molar-refractivity contribution is -0.138. The Morgan fingerprint density at radius 3 is 1.58 bits per heavy atom. The predicted molar refractivity (Wildman–Crippen MR) is 116 cm³/mol. The molecule has 1 aliphatic carbocycles. The second-order valence-corrected chi connectivity index (χ2v) is 8.00. The summed E-state index contributed by atoms with van der Waals surface area (Å²) in [6.45, 7) is 0. The van der Waals surface area contributed by atoms with Crippen LogP contribution in [0.25, 0.3) is 33.4 Å². The molecule has 5 rings (SSSR count). The van der Waals surface area contributed by atoms with Crippen molar-refractivity contribution in [2.75, 3.05) is 0 Å². The number of halogens is 6. The van der Waals surface area contributed by atoms with E-state index in [2.05, 4.69) is 0 Å². The molecule has 0 bridgehead atoms. The van der Waals surface area contributed by atoms with Gasteiger partial charge < -0.3 is 0 Å². The van der Waals surface area contributed by atoms with Gasteiger partial charge in [-0.15, -0.1) is 0 Å². The van der Waals surface area contributed by atoms with Gasteiger partial charge in [0, 0.05) is 0 Å². The number of hydrogen-bond acceptors (Lipinski definition) is 0. The van der Waals surface area contributed by atoms with Crippen LogP contribution in [-0.4, -0.2) is 0 Å². The van der Waals surface area contributed by atoms with Gasteiger partial charge in [0.1, 0.15) is 0 Å². The highest BCUT2D eigenvalue weighted by Gasteiger charge is 2.32. The smallest absolute Gasteiger partial charge is 0.166 e. The van der Waals surface area contributed by atoms with Gasteiger partial charge in [-0.25, -0.2) is 0 Å². The summed E-state index contributed by atoms with van der Waals surface area (Å²) in [4.78, 5) is 0. The summed E-state index contributed by atoms with van der Waals surface area (Å²) in [5, 5.41) is 0. The summed E-state index contributed by atoms with van der Waals surface area (Å²) in [5.74, 6) is 0. The van der Waals surface area contributed by atoms with Crippen LogP contribution in [0.3, 0.4) is 0 Å². The molecule has 0 N–H and O–H groups in total. The predicted octanol–water partition coefficient (Wildman–Crippen LogP) is 8.63. The van der Waals surface area contributed by atoms with Crippen LogP contribution in [0.2, 0.25) is 0 Å². The third-order valence-electron chi connectivity index (χ3n) is 6.01. The molecule has 0 fully saturated rings. The Morgan fingerprint density at radius 1 is 0.485 bits per heavy atom. The zero-order valence-corrected chi connectivity index (χ0v) is 17.1. The van der Waals surface area contributed by atoms with Gasteiger partial charge in [0.05, 0.1) is 11.1 Å². The van der Waals surface area contributed by atoms with Crippen LogP contribution >= 0.6 is 0 Å². The third kappa shape index (κ3) is 3.80. The highest BCUT2D eigenvalue weighted by molar-refractivity contribution is 5.93. The summed E-state index contributed by atoms with van der Waals surface area (Å²) in [6.07, 6.45) is -8.31. The van der Waals surface area contributed by atoms with Crippen LogP contribution in [0.5, 0.6) is 0 Å². The van der Waals surface area contributed by atoms with Gasteiger partial charge in [0.25, 0.3) is 0 Å². The fourth-order valence-electron chi connectivity index (χ4n) is 4.45. The van der Waals surface area contributed by atoms with Crippen LogP contribution in [0.4, 0.5) is 26.3 Å². The van der Waals surface area contributed by atoms with Gasteiger partial charge in [0.2, 0.25) is 0 Å². The van der Waals surface area contributed by atoms with E-state index in [9.17, 15) is 26.3 Å². The van der Waals surface area contributed by atoms with Crippen LogP contribution < -0.4 is 0 Å². The van der Waals surface area contributed by atoms with Crippen molar-refractivity contribution in [2.24, 2.45) is 0 Å². The number of fused-ring (bicyclic) bond motifs is 3. The Labute approximate surface area is 186 Å². The van der Waals surface area contributed by atoms with Crippen LogP contribution in [0, 0.1) is 0 Å². The Hall–Kier alpha value is -3.54. The van der Waals surface area contributed by atoms with E-state index in [0.29, 0.717) is 23.1 Å². The van der Waals surface area contributed by atoms with E-state index in [-0.39, 0.29) is 0 Å². The monoisotopic (exact) mass is 454 g/mol. The highest BCUT2D eigenvalue weighted by Crippen LogP contribution is 2.46. The molecule has 0 nitrogen and oxygen atoms in total. The minimum atomic E-state index is -4.45. The maximum atomic E-state index is 13.1. The highest BCUT2D eigenvalue weighted by atomic mass is 19.4. The normalized spacial score (nSPS) is 13.0. The van der Waals surface area contributed by atoms with Crippen molar-refractivity contribution < 1.29 is 26.3 Å². The van der Waals surface area contributed by atoms with Gasteiger partial charge in [-0.1, -0.05) is 60.7 Å². The van der Waals surface area contributed by atoms with E-state index < -0.39 is 23.5 Å². The number of alkyl halides is 6. The topological polar surface area (TPSA) is 0 Å². The minimum absolute atomic E-state index is 0.566. The van der Waals surface area contributed by atoms with Crippen molar-refractivity contribution in [1.82, 2.24) is 0 Å². The molecule has 0 aliphatic heterocycles. The van der Waals surface area contributed by atoms with Gasteiger partial charge in [-0.05, 0) is 75.2 Å². The first-order valence-electron chi connectivity index (χ1n) is 10.2. The number of rotatable bonds is 2. The third-order valence-corrected chi connectivity index (χ3v) is 6.01. The van der Waals surface area contributed by atoms with Gasteiger partial charge in [0.15, 0.2) is 0 Å². The summed E-state index contributed by atoms with van der Waals surface area (Å²) < 4.78 is 78.4. The summed E-state index contributed by atoms with van der Waals surface area (Å²) in [6, 6.07) is 21.4. The van der Waals surface area contributed by atoms with E-state index in [1.54, 1.807) is 0 Å². The van der Waals surface area contributed by atoms with Crippen molar-refractivity contribution in [3.63, 3.8) is 0 Å². The Morgan fingerprint density at radius 2 is 1.00 bits per heavy atom. The molecule has 0 unspecified atom stereocenters. The largest absolute Gasteiger partial charge is 0.416 e. The Kier molecular flexibility index (Phi) is 4.85. The minimum Gasteiger partial charge on any atom is -0.166 e. The number of hydrogen-bond donors (Lipinski definition) is 0. The van der Waals surface area contributed by atoms with E-state index in [4.69, 9.17) is 0 Å².